The molecule has 2 aromatic rings. The maximum absolute atomic E-state index is 12.4. The minimum absolute atomic E-state index is 0.0993. The second-order valence-electron chi connectivity index (χ2n) is 4.31. The van der Waals surface area contributed by atoms with E-state index >= 15 is 0 Å². The summed E-state index contributed by atoms with van der Waals surface area (Å²) in [4.78, 5) is 4.13. The Balaban J connectivity index is 2.41. The number of nitrogens with one attached hydrogen (secondary N) is 1. The number of aliphatic hydroxyl groups excluding tert-OH is 1. The third-order valence-electron chi connectivity index (χ3n) is 2.84. The molecule has 1 unspecified atom stereocenters. The van der Waals surface area contributed by atoms with Crippen LogP contribution < -0.4 is 4.72 Å². The highest BCUT2D eigenvalue weighted by Crippen LogP contribution is 2.21. The number of rotatable bonds is 6. The van der Waals surface area contributed by atoms with Crippen LogP contribution in [0.5, 0.6) is 0 Å². The van der Waals surface area contributed by atoms with Crippen molar-refractivity contribution in [2.75, 3.05) is 20.3 Å². The number of ether oxygens (including phenoxy) is 1. The lowest BCUT2D eigenvalue weighted by Crippen LogP contribution is -2.40. The molecule has 0 saturated carbocycles. The number of aromatic nitrogens is 1. The van der Waals surface area contributed by atoms with Gasteiger partial charge in [0.2, 0.25) is 10.0 Å². The minimum atomic E-state index is -3.74. The molecule has 0 aliphatic carbocycles. The molecule has 20 heavy (non-hydrogen) atoms. The summed E-state index contributed by atoms with van der Waals surface area (Å²) < 4.78 is 32.1. The SMILES string of the molecule is COCC(CO)NS(=O)(=O)c1cccc2cnccc12. The van der Waals surface area contributed by atoms with Crippen molar-refractivity contribution in [3.63, 3.8) is 0 Å². The first-order valence-electron chi connectivity index (χ1n) is 6.03. The molecule has 0 spiro atoms. The van der Waals surface area contributed by atoms with Crippen molar-refractivity contribution >= 4 is 20.8 Å². The Kier molecular flexibility index (Phi) is 4.66. The predicted octanol–water partition coefficient (Wildman–Crippen LogP) is 0.520. The summed E-state index contributed by atoms with van der Waals surface area (Å²) in [5, 5.41) is 10.5. The molecule has 7 heteroatoms. The molecule has 0 aliphatic heterocycles. The summed E-state index contributed by atoms with van der Waals surface area (Å²) in [5.74, 6) is 0. The molecule has 1 heterocycles. The second kappa shape index (κ2) is 6.27. The number of benzene rings is 1. The van der Waals surface area contributed by atoms with Crippen LogP contribution in [0.2, 0.25) is 0 Å². The summed E-state index contributed by atoms with van der Waals surface area (Å²) in [6.07, 6.45) is 3.15. The van der Waals surface area contributed by atoms with Crippen molar-refractivity contribution in [1.82, 2.24) is 9.71 Å². The Morgan fingerprint density at radius 2 is 2.20 bits per heavy atom. The van der Waals surface area contributed by atoms with E-state index in [1.54, 1.807) is 30.6 Å². The van der Waals surface area contributed by atoms with Crippen LogP contribution in [0.15, 0.2) is 41.6 Å². The Morgan fingerprint density at radius 1 is 1.40 bits per heavy atom. The van der Waals surface area contributed by atoms with E-state index in [2.05, 4.69) is 9.71 Å². The lowest BCUT2D eigenvalue weighted by Gasteiger charge is -2.16. The fourth-order valence-electron chi connectivity index (χ4n) is 1.94. The average Bonchev–Trinajstić information content (AvgIpc) is 2.46. The Labute approximate surface area is 117 Å². The smallest absolute Gasteiger partial charge is 0.241 e. The molecule has 1 aromatic carbocycles. The van der Waals surface area contributed by atoms with Gasteiger partial charge in [0.15, 0.2) is 0 Å². The first-order chi connectivity index (χ1) is 9.58. The van der Waals surface area contributed by atoms with E-state index in [4.69, 9.17) is 9.84 Å². The molecule has 6 nitrogen and oxygen atoms in total. The molecule has 0 radical (unpaired) electrons. The summed E-state index contributed by atoms with van der Waals surface area (Å²) in [7, 11) is -2.29. The standard InChI is InChI=1S/C13H16N2O4S/c1-19-9-11(8-16)15-20(17,18)13-4-2-3-10-7-14-6-5-12(10)13/h2-7,11,15-16H,8-9H2,1H3. The topological polar surface area (TPSA) is 88.5 Å². The molecule has 0 fully saturated rings. The van der Waals surface area contributed by atoms with Gasteiger partial charge in [-0.1, -0.05) is 12.1 Å². The van der Waals surface area contributed by atoms with E-state index in [1.165, 1.54) is 13.2 Å². The van der Waals surface area contributed by atoms with E-state index in [-0.39, 0.29) is 18.1 Å². The summed E-state index contributed by atoms with van der Waals surface area (Å²) in [5.41, 5.74) is 0. The van der Waals surface area contributed by atoms with Crippen LogP contribution in [0.3, 0.4) is 0 Å². The molecule has 0 bridgehead atoms. The van der Waals surface area contributed by atoms with Gasteiger partial charge in [-0.05, 0) is 12.1 Å². The molecule has 108 valence electrons. The van der Waals surface area contributed by atoms with E-state index < -0.39 is 16.1 Å². The van der Waals surface area contributed by atoms with Crippen LogP contribution in [0.1, 0.15) is 0 Å². The van der Waals surface area contributed by atoms with Crippen LogP contribution >= 0.6 is 0 Å². The fourth-order valence-corrected chi connectivity index (χ4v) is 3.38. The van der Waals surface area contributed by atoms with E-state index in [0.29, 0.717) is 5.39 Å². The van der Waals surface area contributed by atoms with Gasteiger partial charge in [-0.15, -0.1) is 0 Å². The van der Waals surface area contributed by atoms with E-state index in [0.717, 1.165) is 5.39 Å². The van der Waals surface area contributed by atoms with E-state index in [1.807, 2.05) is 0 Å². The normalized spacial score (nSPS) is 13.5. The average molecular weight is 296 g/mol. The number of nitrogens with zero attached hydrogens (tertiary/aromatic N) is 1. The summed E-state index contributed by atoms with van der Waals surface area (Å²) >= 11 is 0. The van der Waals surface area contributed by atoms with Crippen LogP contribution in [0.25, 0.3) is 10.8 Å². The van der Waals surface area contributed by atoms with Crippen molar-refractivity contribution in [1.29, 1.82) is 0 Å². The Hall–Kier alpha value is -1.54. The zero-order valence-corrected chi connectivity index (χ0v) is 11.8. The highest BCUT2D eigenvalue weighted by molar-refractivity contribution is 7.89. The van der Waals surface area contributed by atoms with Gasteiger partial charge in [-0.3, -0.25) is 4.98 Å². The van der Waals surface area contributed by atoms with Gasteiger partial charge < -0.3 is 9.84 Å². The maximum Gasteiger partial charge on any atom is 0.241 e. The third kappa shape index (κ3) is 3.13. The van der Waals surface area contributed by atoms with Crippen molar-refractivity contribution in [3.8, 4) is 0 Å². The minimum Gasteiger partial charge on any atom is -0.395 e. The van der Waals surface area contributed by atoms with Crippen LogP contribution in [-0.2, 0) is 14.8 Å². The van der Waals surface area contributed by atoms with Crippen molar-refractivity contribution in [2.45, 2.75) is 10.9 Å². The zero-order chi connectivity index (χ0) is 14.6. The van der Waals surface area contributed by atoms with Crippen molar-refractivity contribution in [2.24, 2.45) is 0 Å². The van der Waals surface area contributed by atoms with Gasteiger partial charge in [0.1, 0.15) is 0 Å². The third-order valence-corrected chi connectivity index (χ3v) is 4.42. The van der Waals surface area contributed by atoms with Gasteiger partial charge >= 0.3 is 0 Å². The van der Waals surface area contributed by atoms with Crippen LogP contribution in [0, 0.1) is 0 Å². The molecule has 1 aromatic heterocycles. The number of pyridine rings is 1. The summed E-state index contributed by atoms with van der Waals surface area (Å²) in [6.45, 7) is -0.235. The maximum atomic E-state index is 12.4. The number of sulfonamides is 1. The largest absolute Gasteiger partial charge is 0.395 e. The number of hydrogen-bond acceptors (Lipinski definition) is 5. The number of fused-ring (bicyclic) bond motifs is 1. The lowest BCUT2D eigenvalue weighted by molar-refractivity contribution is 0.139. The number of methoxy groups -OCH3 is 1. The molecule has 2 N–H and O–H groups in total. The second-order valence-corrected chi connectivity index (χ2v) is 5.99. The Morgan fingerprint density at radius 3 is 2.90 bits per heavy atom. The number of aliphatic hydroxyl groups is 1. The van der Waals surface area contributed by atoms with Crippen molar-refractivity contribution < 1.29 is 18.3 Å². The monoisotopic (exact) mass is 296 g/mol. The van der Waals surface area contributed by atoms with Gasteiger partial charge in [0.25, 0.3) is 0 Å². The van der Waals surface area contributed by atoms with Crippen molar-refractivity contribution in [3.05, 3.63) is 36.7 Å². The highest BCUT2D eigenvalue weighted by Gasteiger charge is 2.21. The van der Waals surface area contributed by atoms with Crippen LogP contribution in [0.4, 0.5) is 0 Å². The number of hydrogen-bond donors (Lipinski definition) is 2. The molecule has 0 aliphatic rings. The van der Waals surface area contributed by atoms with Gasteiger partial charge in [0.05, 0.1) is 24.2 Å². The van der Waals surface area contributed by atoms with Gasteiger partial charge in [-0.2, -0.15) is 0 Å². The highest BCUT2D eigenvalue weighted by atomic mass is 32.2. The molecule has 2 rings (SSSR count). The summed E-state index contributed by atoms with van der Waals surface area (Å²) in [6, 6.07) is 5.94. The lowest BCUT2D eigenvalue weighted by atomic mass is 10.2. The molecule has 0 saturated heterocycles. The zero-order valence-electron chi connectivity index (χ0n) is 11.0. The first kappa shape index (κ1) is 14.9. The quantitative estimate of drug-likeness (QED) is 0.811. The molecular formula is C13H16N2O4S. The predicted molar refractivity (Wildman–Crippen MR) is 74.8 cm³/mol. The molecule has 1 atom stereocenters. The fraction of sp³-hybridized carbons (Fsp3) is 0.308. The van der Waals surface area contributed by atoms with Crippen LogP contribution in [-0.4, -0.2) is 44.9 Å². The molecule has 0 amide bonds. The first-order valence-corrected chi connectivity index (χ1v) is 7.51. The molecular weight excluding hydrogens is 280 g/mol. The Bertz CT molecular complexity index is 682. The van der Waals surface area contributed by atoms with Gasteiger partial charge in [0, 0.05) is 30.3 Å². The van der Waals surface area contributed by atoms with E-state index in [9.17, 15) is 8.42 Å². The van der Waals surface area contributed by atoms with Gasteiger partial charge in [-0.25, -0.2) is 13.1 Å².